The molecule has 0 aliphatic heterocycles. The number of hydrogen-bond donors (Lipinski definition) is 1. The van der Waals surface area contributed by atoms with Crippen LogP contribution in [0.2, 0.25) is 0 Å². The molecule has 68 valence electrons. The summed E-state index contributed by atoms with van der Waals surface area (Å²) < 4.78 is 4.68. The lowest BCUT2D eigenvalue weighted by atomic mass is 10.4. The fourth-order valence-corrected chi connectivity index (χ4v) is 0.825. The van der Waals surface area contributed by atoms with Gasteiger partial charge in [-0.1, -0.05) is 0 Å². The second kappa shape index (κ2) is 3.66. The van der Waals surface area contributed by atoms with E-state index in [2.05, 4.69) is 9.91 Å². The highest BCUT2D eigenvalue weighted by Gasteiger charge is 2.04. The molecule has 0 atom stereocenters. The van der Waals surface area contributed by atoms with Gasteiger partial charge in [0.05, 0.1) is 7.11 Å². The Balaban J connectivity index is 3.51. The number of rotatable bonds is 2. The van der Waals surface area contributed by atoms with Crippen molar-refractivity contribution < 1.29 is 9.84 Å². The molecule has 0 heterocycles. The van der Waals surface area contributed by atoms with Crippen LogP contribution < -0.4 is 10.2 Å². The number of hydrogen-bond acceptors (Lipinski definition) is 5. The highest BCUT2D eigenvalue weighted by molar-refractivity contribution is 5.47. The molecule has 0 aliphatic carbocycles. The molecule has 0 spiro atoms. The Hall–Kier alpha value is -1.91. The van der Waals surface area contributed by atoms with E-state index >= 15 is 0 Å². The molecule has 0 aromatic heterocycles. The van der Waals surface area contributed by atoms with E-state index in [1.807, 2.05) is 0 Å². The topological polar surface area (TPSA) is 76.0 Å². The van der Waals surface area contributed by atoms with Gasteiger partial charge in [-0.3, -0.25) is 4.79 Å². The molecule has 0 aliphatic rings. The van der Waals surface area contributed by atoms with E-state index in [1.165, 1.54) is 19.2 Å². The maximum absolute atomic E-state index is 11.0. The summed E-state index contributed by atoms with van der Waals surface area (Å²) >= 11 is 0. The lowest BCUT2D eigenvalue weighted by Gasteiger charge is -1.95. The maximum Gasteiger partial charge on any atom is 0.224 e. The van der Waals surface area contributed by atoms with Crippen LogP contribution in [0, 0.1) is 4.91 Å². The zero-order chi connectivity index (χ0) is 9.84. The van der Waals surface area contributed by atoms with Crippen LogP contribution in [0.4, 0.5) is 5.69 Å². The zero-order valence-electron chi connectivity index (χ0n) is 6.85. The predicted molar refractivity (Wildman–Crippen MR) is 46.4 cm³/mol. The van der Waals surface area contributed by atoms with Gasteiger partial charge in [0.25, 0.3) is 0 Å². The Kier molecular flexibility index (Phi) is 2.59. The molecule has 5 heteroatoms. The molecule has 0 saturated carbocycles. The van der Waals surface area contributed by atoms with Crippen LogP contribution in [0.3, 0.4) is 0 Å². The molecule has 0 saturated heterocycles. The average Bonchev–Trinajstić information content (AvgIpc) is 2.29. The summed E-state index contributed by atoms with van der Waals surface area (Å²) in [4.78, 5) is 21.1. The molecule has 0 amide bonds. The molecule has 1 aromatic rings. The third kappa shape index (κ3) is 1.81. The second-order valence-corrected chi connectivity index (χ2v) is 2.28. The SMILES string of the molecule is COc1cc(N=O)ccc(=O)c1O. The lowest BCUT2D eigenvalue weighted by Crippen LogP contribution is -1.94. The fraction of sp³-hybridized carbons (Fsp3) is 0.125. The van der Waals surface area contributed by atoms with Crippen LogP contribution in [0.15, 0.2) is 28.2 Å². The van der Waals surface area contributed by atoms with E-state index in [9.17, 15) is 14.8 Å². The van der Waals surface area contributed by atoms with E-state index in [-0.39, 0.29) is 11.4 Å². The third-order valence-electron chi connectivity index (χ3n) is 1.48. The molecule has 1 N–H and O–H groups in total. The summed E-state index contributed by atoms with van der Waals surface area (Å²) in [7, 11) is 1.28. The van der Waals surface area contributed by atoms with Gasteiger partial charge in [0.1, 0.15) is 5.69 Å². The number of nitroso groups, excluding NO2 is 1. The molecule has 5 nitrogen and oxygen atoms in total. The van der Waals surface area contributed by atoms with Gasteiger partial charge in [-0.2, -0.15) is 0 Å². The zero-order valence-corrected chi connectivity index (χ0v) is 6.85. The Morgan fingerprint density at radius 2 is 2.15 bits per heavy atom. The van der Waals surface area contributed by atoms with Crippen molar-refractivity contribution in [2.45, 2.75) is 0 Å². The number of methoxy groups -OCH3 is 1. The Morgan fingerprint density at radius 3 is 2.69 bits per heavy atom. The standard InChI is InChI=1S/C8H7NO4/c1-13-7-4-5(9-12)2-3-6(10)8(7)11/h2-4H,1H3,(H,10,11). The third-order valence-corrected chi connectivity index (χ3v) is 1.48. The first-order chi connectivity index (χ1) is 6.19. The van der Waals surface area contributed by atoms with Gasteiger partial charge in [-0.25, -0.2) is 0 Å². The second-order valence-electron chi connectivity index (χ2n) is 2.28. The van der Waals surface area contributed by atoms with E-state index in [1.54, 1.807) is 0 Å². The average molecular weight is 181 g/mol. The van der Waals surface area contributed by atoms with Crippen molar-refractivity contribution in [3.63, 3.8) is 0 Å². The van der Waals surface area contributed by atoms with Crippen molar-refractivity contribution >= 4 is 5.69 Å². The highest BCUT2D eigenvalue weighted by atomic mass is 16.5. The summed E-state index contributed by atoms with van der Waals surface area (Å²) in [5, 5.41) is 11.8. The largest absolute Gasteiger partial charge is 0.502 e. The molecule has 0 fully saturated rings. The lowest BCUT2D eigenvalue weighted by molar-refractivity contribution is 0.372. The van der Waals surface area contributed by atoms with Gasteiger partial charge in [0, 0.05) is 6.07 Å². The number of nitrogens with zero attached hydrogens (tertiary/aromatic N) is 1. The van der Waals surface area contributed by atoms with Gasteiger partial charge in [-0.05, 0) is 17.3 Å². The molecule has 1 aromatic carbocycles. The van der Waals surface area contributed by atoms with Crippen LogP contribution in [0.1, 0.15) is 0 Å². The van der Waals surface area contributed by atoms with Gasteiger partial charge < -0.3 is 9.84 Å². The molecule has 1 rings (SSSR count). The van der Waals surface area contributed by atoms with Gasteiger partial charge >= 0.3 is 0 Å². The van der Waals surface area contributed by atoms with Crippen molar-refractivity contribution in [2.75, 3.05) is 7.11 Å². The highest BCUT2D eigenvalue weighted by Crippen LogP contribution is 2.24. The van der Waals surface area contributed by atoms with Crippen LogP contribution in [0.25, 0.3) is 0 Å². The molecular formula is C8H7NO4. The van der Waals surface area contributed by atoms with Crippen molar-refractivity contribution in [1.82, 2.24) is 0 Å². The summed E-state index contributed by atoms with van der Waals surface area (Å²) in [6, 6.07) is 3.44. The smallest absolute Gasteiger partial charge is 0.224 e. The molecule has 0 unspecified atom stereocenters. The molecule has 13 heavy (non-hydrogen) atoms. The first-order valence-corrected chi connectivity index (χ1v) is 3.43. The van der Waals surface area contributed by atoms with E-state index in [0.29, 0.717) is 0 Å². The van der Waals surface area contributed by atoms with Crippen molar-refractivity contribution in [3.05, 3.63) is 33.3 Å². The van der Waals surface area contributed by atoms with Gasteiger partial charge in [-0.15, -0.1) is 4.91 Å². The van der Waals surface area contributed by atoms with E-state index in [0.717, 1.165) is 6.07 Å². The first-order valence-electron chi connectivity index (χ1n) is 3.43. The van der Waals surface area contributed by atoms with Crippen LogP contribution in [0.5, 0.6) is 11.5 Å². The predicted octanol–water partition coefficient (Wildman–Crippen LogP) is 1.16. The Morgan fingerprint density at radius 1 is 1.46 bits per heavy atom. The van der Waals surface area contributed by atoms with Crippen LogP contribution in [-0.2, 0) is 0 Å². The Bertz CT molecular complexity index is 388. The fourth-order valence-electron chi connectivity index (χ4n) is 0.825. The van der Waals surface area contributed by atoms with Crippen molar-refractivity contribution in [3.8, 4) is 11.5 Å². The quantitative estimate of drug-likeness (QED) is 0.694. The summed E-state index contributed by atoms with van der Waals surface area (Å²) in [5.41, 5.74) is -0.596. The molecule has 0 radical (unpaired) electrons. The summed E-state index contributed by atoms with van der Waals surface area (Å²) in [5.74, 6) is -0.595. The minimum Gasteiger partial charge on any atom is -0.502 e. The minimum absolute atomic E-state index is 0.0225. The molecule has 0 bridgehead atoms. The van der Waals surface area contributed by atoms with Crippen molar-refractivity contribution in [2.24, 2.45) is 5.18 Å². The number of ether oxygens (including phenoxy) is 1. The van der Waals surface area contributed by atoms with E-state index < -0.39 is 11.2 Å². The first kappa shape index (κ1) is 9.18. The summed E-state index contributed by atoms with van der Waals surface area (Å²) in [6.45, 7) is 0. The normalized spacial score (nSPS) is 9.31. The molecular weight excluding hydrogens is 174 g/mol. The monoisotopic (exact) mass is 181 g/mol. The van der Waals surface area contributed by atoms with Crippen molar-refractivity contribution in [1.29, 1.82) is 0 Å². The van der Waals surface area contributed by atoms with Gasteiger partial charge in [0.2, 0.25) is 11.2 Å². The summed E-state index contributed by atoms with van der Waals surface area (Å²) in [6.07, 6.45) is 0. The van der Waals surface area contributed by atoms with Crippen LogP contribution >= 0.6 is 0 Å². The Labute approximate surface area is 73.6 Å². The minimum atomic E-state index is -0.619. The van der Waals surface area contributed by atoms with Gasteiger partial charge in [0.15, 0.2) is 5.75 Å². The van der Waals surface area contributed by atoms with E-state index in [4.69, 9.17) is 0 Å². The van der Waals surface area contributed by atoms with Crippen LogP contribution in [-0.4, -0.2) is 12.2 Å². The number of aromatic hydroxyl groups is 1. The maximum atomic E-state index is 11.0.